The van der Waals surface area contributed by atoms with Gasteiger partial charge in [-0.25, -0.2) is 4.39 Å². The van der Waals surface area contributed by atoms with Gasteiger partial charge in [0.15, 0.2) is 5.75 Å². The molecule has 0 spiro atoms. The lowest BCUT2D eigenvalue weighted by Crippen LogP contribution is -2.40. The summed E-state index contributed by atoms with van der Waals surface area (Å²) in [4.78, 5) is 4.27. The molecule has 0 bridgehead atoms. The van der Waals surface area contributed by atoms with Gasteiger partial charge in [-0.15, -0.1) is 11.3 Å². The first-order valence-corrected chi connectivity index (χ1v) is 15.9. The minimum absolute atomic E-state index is 0.0456. The van der Waals surface area contributed by atoms with E-state index in [1.54, 1.807) is 24.1 Å². The largest absolute Gasteiger partial charge is 0.433 e. The summed E-state index contributed by atoms with van der Waals surface area (Å²) in [5.41, 5.74) is 0.909. The van der Waals surface area contributed by atoms with Gasteiger partial charge >= 0.3 is 12.8 Å². The van der Waals surface area contributed by atoms with Gasteiger partial charge in [-0.3, -0.25) is 0 Å². The number of hydrogen-bond acceptors (Lipinski definition) is 8. The second kappa shape index (κ2) is 15.5. The van der Waals surface area contributed by atoms with Gasteiger partial charge in [0.2, 0.25) is 0 Å². The van der Waals surface area contributed by atoms with Crippen LogP contribution in [0.5, 0.6) is 5.75 Å². The van der Waals surface area contributed by atoms with Crippen molar-refractivity contribution in [3.63, 3.8) is 0 Å². The predicted molar refractivity (Wildman–Crippen MR) is 168 cm³/mol. The third kappa shape index (κ3) is 8.90. The number of piperidine rings is 1. The Morgan fingerprint density at radius 1 is 1.09 bits per heavy atom. The summed E-state index contributed by atoms with van der Waals surface area (Å²) in [6, 6.07) is 7.71. The Kier molecular flexibility index (Phi) is 11.4. The lowest BCUT2D eigenvalue weighted by atomic mass is 10.0. The summed E-state index contributed by atoms with van der Waals surface area (Å²) in [6.45, 7) is 1.55. The van der Waals surface area contributed by atoms with Crippen molar-refractivity contribution in [3.8, 4) is 17.6 Å². The molecule has 5 rings (SSSR count). The van der Waals surface area contributed by atoms with Gasteiger partial charge in [0.25, 0.3) is 0 Å². The van der Waals surface area contributed by atoms with Crippen molar-refractivity contribution in [1.82, 2.24) is 4.90 Å². The van der Waals surface area contributed by atoms with Gasteiger partial charge in [-0.05, 0) is 29.9 Å². The number of methoxy groups -OCH3 is 1. The van der Waals surface area contributed by atoms with Crippen molar-refractivity contribution in [1.29, 1.82) is 0 Å². The Balaban J connectivity index is 1.35. The molecule has 0 aliphatic carbocycles. The fourth-order valence-electron chi connectivity index (χ4n) is 5.69. The van der Waals surface area contributed by atoms with E-state index in [2.05, 4.69) is 32.1 Å². The van der Waals surface area contributed by atoms with E-state index in [-0.39, 0.29) is 40.2 Å². The van der Waals surface area contributed by atoms with Crippen LogP contribution in [0.15, 0.2) is 30.3 Å². The topological polar surface area (TPSA) is 58.2 Å². The van der Waals surface area contributed by atoms with Crippen molar-refractivity contribution < 1.29 is 40.6 Å². The summed E-state index contributed by atoms with van der Waals surface area (Å²) in [5, 5.41) is 6.81. The Morgan fingerprint density at radius 3 is 2.54 bits per heavy atom. The monoisotopic (exact) mass is 670 g/mol. The first-order valence-electron chi connectivity index (χ1n) is 15.0. The average molecular weight is 671 g/mol. The number of morpholine rings is 1. The van der Waals surface area contributed by atoms with E-state index >= 15 is 4.39 Å². The minimum Gasteiger partial charge on any atom is -0.433 e. The molecule has 0 amide bonds. The van der Waals surface area contributed by atoms with E-state index in [0.29, 0.717) is 43.0 Å². The molecule has 2 aliphatic heterocycles. The lowest BCUT2D eigenvalue weighted by molar-refractivity contribution is -0.126. The maximum Gasteiger partial charge on any atom is 0.393 e. The van der Waals surface area contributed by atoms with Crippen molar-refractivity contribution in [3.05, 3.63) is 46.6 Å². The second-order valence-electron chi connectivity index (χ2n) is 11.1. The first-order chi connectivity index (χ1) is 22.1. The first kappa shape index (κ1) is 34.0. The lowest BCUT2D eigenvalue weighted by Gasteiger charge is -2.32. The number of nitrogens with zero attached hydrogens (tertiary/aromatic N) is 2. The number of ether oxygens (including phenoxy) is 3. The number of fused-ring (bicyclic) bond motifs is 1. The number of alkyl halides is 5. The summed E-state index contributed by atoms with van der Waals surface area (Å²) in [5.74, 6) is 4.73. The molecule has 2 aliphatic rings. The molecule has 7 nitrogen and oxygen atoms in total. The average Bonchev–Trinajstić information content (AvgIpc) is 3.36. The van der Waals surface area contributed by atoms with Gasteiger partial charge in [0.05, 0.1) is 59.4 Å². The fourth-order valence-corrected chi connectivity index (χ4v) is 6.86. The Hall–Kier alpha value is -3.38. The van der Waals surface area contributed by atoms with Crippen LogP contribution in [0.3, 0.4) is 0 Å². The molecular formula is C32H36F6N4O3S. The SMILES string of the molecule is COCCN1CCC(Nc2cccc3c(CC(F)(F)F)c(C#CCNc4cc(F)c(N5CCOCC5)cc4OC(F)F)sc23)CC1. The van der Waals surface area contributed by atoms with Gasteiger partial charge in [0, 0.05) is 58.0 Å². The molecule has 14 heteroatoms. The maximum absolute atomic E-state index is 15.0. The van der Waals surface area contributed by atoms with Crippen LogP contribution < -0.4 is 20.3 Å². The highest BCUT2D eigenvalue weighted by atomic mass is 32.1. The van der Waals surface area contributed by atoms with Gasteiger partial charge in [0.1, 0.15) is 5.82 Å². The highest BCUT2D eigenvalue weighted by molar-refractivity contribution is 7.20. The number of halogens is 6. The molecular weight excluding hydrogens is 634 g/mol. The fraction of sp³-hybridized carbons (Fsp3) is 0.500. The molecule has 0 unspecified atom stereocenters. The Bertz CT molecular complexity index is 1530. The van der Waals surface area contributed by atoms with Crippen molar-refractivity contribution >= 4 is 38.5 Å². The molecule has 2 aromatic carbocycles. The number of hydrogen-bond donors (Lipinski definition) is 2. The normalized spacial score (nSPS) is 16.5. The van der Waals surface area contributed by atoms with Crippen molar-refractivity contribution in [2.24, 2.45) is 0 Å². The van der Waals surface area contributed by atoms with E-state index in [0.717, 1.165) is 44.2 Å². The van der Waals surface area contributed by atoms with Crippen LogP contribution in [-0.4, -0.2) is 89.9 Å². The molecule has 0 atom stereocenters. The maximum atomic E-state index is 15.0. The standard InChI is InChI=1S/C32H36F6N4O3S/c1-43-15-12-41-10-7-21(8-11-41)40-25-5-2-4-22-23(20-32(36,37)38)29(46-30(22)25)6-3-9-39-26-18-24(33)27(19-28(26)45-31(34)35)42-13-16-44-17-14-42/h2,4-5,18-19,21,31,39-40H,7-17,20H2,1H3. The number of benzene rings is 2. The zero-order valence-electron chi connectivity index (χ0n) is 25.3. The van der Waals surface area contributed by atoms with Gasteiger partial charge in [-0.1, -0.05) is 24.0 Å². The molecule has 250 valence electrons. The predicted octanol–water partition coefficient (Wildman–Crippen LogP) is 6.57. The smallest absolute Gasteiger partial charge is 0.393 e. The van der Waals surface area contributed by atoms with Crippen LogP contribution in [0.4, 0.5) is 43.4 Å². The van der Waals surface area contributed by atoms with Crippen LogP contribution >= 0.6 is 11.3 Å². The van der Waals surface area contributed by atoms with E-state index in [4.69, 9.17) is 9.47 Å². The van der Waals surface area contributed by atoms with Crippen LogP contribution in [0.25, 0.3) is 10.1 Å². The third-order valence-electron chi connectivity index (χ3n) is 7.94. The molecule has 3 heterocycles. The van der Waals surface area contributed by atoms with Crippen LogP contribution in [0.2, 0.25) is 0 Å². The molecule has 46 heavy (non-hydrogen) atoms. The third-order valence-corrected chi connectivity index (χ3v) is 9.14. The quantitative estimate of drug-likeness (QED) is 0.177. The highest BCUT2D eigenvalue weighted by Gasteiger charge is 2.31. The number of nitrogens with one attached hydrogen (secondary N) is 2. The van der Waals surface area contributed by atoms with Gasteiger partial charge in [-0.2, -0.15) is 22.0 Å². The van der Waals surface area contributed by atoms with Gasteiger partial charge < -0.3 is 34.6 Å². The molecule has 2 saturated heterocycles. The van der Waals surface area contributed by atoms with E-state index in [1.807, 2.05) is 6.07 Å². The zero-order valence-corrected chi connectivity index (χ0v) is 26.1. The molecule has 3 aromatic rings. The van der Waals surface area contributed by atoms with Crippen molar-refractivity contribution in [2.45, 2.75) is 38.1 Å². The van der Waals surface area contributed by atoms with Crippen LogP contribution in [0.1, 0.15) is 23.3 Å². The van der Waals surface area contributed by atoms with Crippen LogP contribution in [0, 0.1) is 17.7 Å². The Morgan fingerprint density at radius 2 is 1.85 bits per heavy atom. The summed E-state index contributed by atoms with van der Waals surface area (Å²) in [7, 11) is 1.67. The summed E-state index contributed by atoms with van der Waals surface area (Å²) >= 11 is 1.18. The summed E-state index contributed by atoms with van der Waals surface area (Å²) in [6.07, 6.45) is -3.82. The number of rotatable bonds is 11. The minimum atomic E-state index is -4.46. The highest BCUT2D eigenvalue weighted by Crippen LogP contribution is 2.40. The van der Waals surface area contributed by atoms with E-state index < -0.39 is 25.0 Å². The number of thiophene rings is 1. The molecule has 2 N–H and O–H groups in total. The second-order valence-corrected chi connectivity index (χ2v) is 12.1. The van der Waals surface area contributed by atoms with E-state index in [1.165, 1.54) is 17.4 Å². The Labute approximate surface area is 267 Å². The molecule has 0 radical (unpaired) electrons. The number of likely N-dealkylation sites (tertiary alicyclic amines) is 1. The van der Waals surface area contributed by atoms with E-state index in [9.17, 15) is 22.0 Å². The van der Waals surface area contributed by atoms with Crippen molar-refractivity contribution in [2.75, 3.05) is 81.7 Å². The van der Waals surface area contributed by atoms with Crippen LogP contribution in [-0.2, 0) is 15.9 Å². The molecule has 0 saturated carbocycles. The molecule has 2 fully saturated rings. The summed E-state index contributed by atoms with van der Waals surface area (Å²) < 4.78 is 98.2. The molecule has 1 aromatic heterocycles. The zero-order chi connectivity index (χ0) is 32.7. The number of anilines is 3.